The zero-order valence-corrected chi connectivity index (χ0v) is 27.3. The second kappa shape index (κ2) is 11.0. The zero-order chi connectivity index (χ0) is 33.2. The van der Waals surface area contributed by atoms with Crippen LogP contribution in [0.1, 0.15) is 50.1 Å². The molecule has 1 spiro atoms. The van der Waals surface area contributed by atoms with Crippen LogP contribution in [0, 0.1) is 11.3 Å². The molecular weight excluding hydrogens is 607 g/mol. The molecule has 6 aromatic carbocycles. The smallest absolute Gasteiger partial charge is 0.134 e. The summed E-state index contributed by atoms with van der Waals surface area (Å²) in [6, 6.07) is 52.6. The number of nitrogens with zero attached hydrogens (tertiary/aromatic N) is 2. The fourth-order valence-corrected chi connectivity index (χ4v) is 8.70. The molecule has 1 aliphatic heterocycles. The Bertz CT molecular complexity index is 2510. The average molecular weight is 638 g/mol. The van der Waals surface area contributed by atoms with Gasteiger partial charge in [-0.05, 0) is 80.3 Å². The Balaban J connectivity index is 1.12. The first-order valence-corrected chi connectivity index (χ1v) is 17.2. The molecule has 1 unspecified atom stereocenters. The minimum atomic E-state index is -0.453. The molecule has 0 saturated carbocycles. The predicted molar refractivity (Wildman–Crippen MR) is 202 cm³/mol. The first kappa shape index (κ1) is 28.5. The molecular formula is C47H31N3. The van der Waals surface area contributed by atoms with E-state index >= 15 is 0 Å². The van der Waals surface area contributed by atoms with Crippen molar-refractivity contribution < 1.29 is 0 Å². The monoisotopic (exact) mass is 637 g/mol. The summed E-state index contributed by atoms with van der Waals surface area (Å²) < 4.78 is 0. The Hall–Kier alpha value is -6.50. The van der Waals surface area contributed by atoms with Gasteiger partial charge >= 0.3 is 0 Å². The molecule has 0 fully saturated rings. The minimum Gasteiger partial charge on any atom is -0.359 e. The summed E-state index contributed by atoms with van der Waals surface area (Å²) in [4.78, 5) is 5.22. The summed E-state index contributed by atoms with van der Waals surface area (Å²) in [5, 5.41) is 13.6. The van der Waals surface area contributed by atoms with E-state index < -0.39 is 5.41 Å². The number of rotatable bonds is 3. The van der Waals surface area contributed by atoms with Gasteiger partial charge in [0.05, 0.1) is 28.8 Å². The number of hydrogen-bond donors (Lipinski definition) is 1. The Morgan fingerprint density at radius 2 is 1.26 bits per heavy atom. The summed E-state index contributed by atoms with van der Waals surface area (Å²) in [6.45, 7) is 0. The third-order valence-electron chi connectivity index (χ3n) is 10.8. The normalized spacial score (nSPS) is 17.1. The lowest BCUT2D eigenvalue weighted by Gasteiger charge is -2.40. The maximum Gasteiger partial charge on any atom is 0.134 e. The van der Waals surface area contributed by atoms with Crippen LogP contribution >= 0.6 is 0 Å². The second-order valence-corrected chi connectivity index (χ2v) is 13.5. The molecule has 0 saturated heterocycles. The highest BCUT2D eigenvalue weighted by Gasteiger charge is 2.49. The lowest BCUT2D eigenvalue weighted by Crippen LogP contribution is -2.39. The van der Waals surface area contributed by atoms with Gasteiger partial charge < -0.3 is 5.32 Å². The van der Waals surface area contributed by atoms with Gasteiger partial charge in [-0.1, -0.05) is 146 Å². The van der Waals surface area contributed by atoms with Crippen molar-refractivity contribution in [2.45, 2.75) is 17.9 Å². The van der Waals surface area contributed by atoms with Crippen molar-refractivity contribution in [3.05, 3.63) is 219 Å². The summed E-state index contributed by atoms with van der Waals surface area (Å²) in [5.41, 5.74) is 17.1. The molecule has 1 heterocycles. The van der Waals surface area contributed by atoms with E-state index in [1.165, 1.54) is 50.1 Å². The van der Waals surface area contributed by atoms with Crippen LogP contribution in [0.4, 0.5) is 0 Å². The molecule has 6 aromatic rings. The van der Waals surface area contributed by atoms with Crippen molar-refractivity contribution in [3.8, 4) is 28.3 Å². The van der Waals surface area contributed by atoms with Crippen molar-refractivity contribution >= 4 is 11.5 Å². The van der Waals surface area contributed by atoms with Crippen LogP contribution in [0.25, 0.3) is 28.0 Å². The molecule has 4 aliphatic rings. The molecule has 3 nitrogen and oxygen atoms in total. The standard InChI is InChI=1S/C47H31N3/c48-29-30-21-23-40-35(25-30)28-36-27-33(22-24-41(36)47(40)42-18-7-4-15-37(42)38-16-5-8-19-43(38)47)32-13-10-14-34(26-32)46-49-44-20-9-6-17-39(44)45(50-46)31-11-2-1-3-12-31/h1-27,44H,28H2,(H,49,50). The van der Waals surface area contributed by atoms with E-state index in [1.807, 2.05) is 12.1 Å². The molecule has 10 rings (SSSR count). The van der Waals surface area contributed by atoms with Gasteiger partial charge in [0, 0.05) is 16.7 Å². The molecule has 1 N–H and O–H groups in total. The van der Waals surface area contributed by atoms with E-state index in [2.05, 4.69) is 163 Å². The minimum absolute atomic E-state index is 0.0573. The van der Waals surface area contributed by atoms with Crippen molar-refractivity contribution in [2.75, 3.05) is 0 Å². The Morgan fingerprint density at radius 1 is 0.600 bits per heavy atom. The van der Waals surface area contributed by atoms with Gasteiger partial charge in [0.2, 0.25) is 0 Å². The maximum atomic E-state index is 9.90. The second-order valence-electron chi connectivity index (χ2n) is 13.5. The van der Waals surface area contributed by atoms with Crippen molar-refractivity contribution in [1.29, 1.82) is 5.26 Å². The van der Waals surface area contributed by atoms with Crippen LogP contribution in [0.15, 0.2) is 174 Å². The van der Waals surface area contributed by atoms with E-state index in [1.54, 1.807) is 0 Å². The summed E-state index contributed by atoms with van der Waals surface area (Å²) in [7, 11) is 0. The topological polar surface area (TPSA) is 48.2 Å². The van der Waals surface area contributed by atoms with E-state index in [9.17, 15) is 5.26 Å². The van der Waals surface area contributed by atoms with E-state index in [0.717, 1.165) is 40.2 Å². The van der Waals surface area contributed by atoms with Gasteiger partial charge in [-0.15, -0.1) is 0 Å². The third-order valence-corrected chi connectivity index (χ3v) is 10.8. The summed E-state index contributed by atoms with van der Waals surface area (Å²) >= 11 is 0. The molecule has 234 valence electrons. The lowest BCUT2D eigenvalue weighted by atomic mass is 9.61. The van der Waals surface area contributed by atoms with Crippen LogP contribution in [0.2, 0.25) is 0 Å². The van der Waals surface area contributed by atoms with Gasteiger partial charge in [-0.2, -0.15) is 5.26 Å². The number of benzene rings is 6. The van der Waals surface area contributed by atoms with Crippen LogP contribution < -0.4 is 5.32 Å². The fourth-order valence-electron chi connectivity index (χ4n) is 8.70. The largest absolute Gasteiger partial charge is 0.359 e. The van der Waals surface area contributed by atoms with Crippen LogP contribution in [0.3, 0.4) is 0 Å². The van der Waals surface area contributed by atoms with E-state index in [-0.39, 0.29) is 6.04 Å². The predicted octanol–water partition coefficient (Wildman–Crippen LogP) is 9.75. The highest BCUT2D eigenvalue weighted by molar-refractivity contribution is 6.05. The van der Waals surface area contributed by atoms with Crippen LogP contribution in [-0.2, 0) is 11.8 Å². The Morgan fingerprint density at radius 3 is 2.04 bits per heavy atom. The van der Waals surface area contributed by atoms with Gasteiger partial charge in [0.1, 0.15) is 5.84 Å². The van der Waals surface area contributed by atoms with Crippen molar-refractivity contribution in [1.82, 2.24) is 5.32 Å². The van der Waals surface area contributed by atoms with Gasteiger partial charge in [0.25, 0.3) is 0 Å². The Kier molecular flexibility index (Phi) is 6.28. The molecule has 0 radical (unpaired) electrons. The average Bonchev–Trinajstić information content (AvgIpc) is 3.48. The molecule has 0 bridgehead atoms. The van der Waals surface area contributed by atoms with Gasteiger partial charge in [0.15, 0.2) is 0 Å². The number of allylic oxidation sites excluding steroid dienone is 2. The number of amidine groups is 1. The van der Waals surface area contributed by atoms with Gasteiger partial charge in [-0.3, -0.25) is 0 Å². The Labute approximate surface area is 291 Å². The van der Waals surface area contributed by atoms with Gasteiger partial charge in [-0.25, -0.2) is 4.99 Å². The number of aliphatic imine (C=N–C) groups is 1. The molecule has 0 aromatic heterocycles. The SMILES string of the molecule is N#Cc1ccc2c(c1)Cc1cc(-c3cccc(C4=NC(c5ccccc5)=C5C=CC=CC5N4)c3)ccc1C21c2ccccc2-c2ccccc21. The summed E-state index contributed by atoms with van der Waals surface area (Å²) in [6.07, 6.45) is 9.31. The zero-order valence-electron chi connectivity index (χ0n) is 27.3. The first-order valence-electron chi connectivity index (χ1n) is 17.2. The molecule has 0 amide bonds. The molecule has 3 aliphatic carbocycles. The molecule has 3 heteroatoms. The van der Waals surface area contributed by atoms with Crippen molar-refractivity contribution in [2.24, 2.45) is 4.99 Å². The third kappa shape index (κ3) is 4.12. The lowest BCUT2D eigenvalue weighted by molar-refractivity contribution is 0.722. The number of nitriles is 1. The van der Waals surface area contributed by atoms with Crippen LogP contribution in [-0.4, -0.2) is 11.9 Å². The quantitative estimate of drug-likeness (QED) is 0.210. The number of fused-ring (bicyclic) bond motifs is 10. The van der Waals surface area contributed by atoms with Crippen LogP contribution in [0.5, 0.6) is 0 Å². The number of nitrogens with one attached hydrogen (secondary N) is 1. The maximum absolute atomic E-state index is 9.90. The molecule has 1 atom stereocenters. The highest BCUT2D eigenvalue weighted by atomic mass is 15.1. The van der Waals surface area contributed by atoms with E-state index in [4.69, 9.17) is 4.99 Å². The number of hydrogen-bond acceptors (Lipinski definition) is 3. The highest BCUT2D eigenvalue weighted by Crippen LogP contribution is 2.59. The molecule has 50 heavy (non-hydrogen) atoms. The summed E-state index contributed by atoms with van der Waals surface area (Å²) in [5.74, 6) is 0.869. The fraction of sp³-hybridized carbons (Fsp3) is 0.0638. The van der Waals surface area contributed by atoms with Crippen molar-refractivity contribution in [3.63, 3.8) is 0 Å². The van der Waals surface area contributed by atoms with E-state index in [0.29, 0.717) is 5.56 Å². The first-order chi connectivity index (χ1) is 24.7.